The van der Waals surface area contributed by atoms with Crippen molar-refractivity contribution in [3.63, 3.8) is 0 Å². The van der Waals surface area contributed by atoms with Crippen LogP contribution in [0.3, 0.4) is 0 Å². The van der Waals surface area contributed by atoms with Crippen LogP contribution in [0.2, 0.25) is 0 Å². The highest BCUT2D eigenvalue weighted by Gasteiger charge is 2.15. The van der Waals surface area contributed by atoms with E-state index in [0.717, 1.165) is 42.4 Å². The molecule has 0 aliphatic rings. The van der Waals surface area contributed by atoms with Crippen LogP contribution in [0.5, 0.6) is 0 Å². The van der Waals surface area contributed by atoms with E-state index in [-0.39, 0.29) is 0 Å². The van der Waals surface area contributed by atoms with Crippen LogP contribution in [-0.2, 0) is 0 Å². The molecule has 0 fully saturated rings. The number of anilines is 2. The van der Waals surface area contributed by atoms with E-state index in [1.165, 1.54) is 12.8 Å². The van der Waals surface area contributed by atoms with Crippen molar-refractivity contribution in [2.75, 3.05) is 17.2 Å². The third kappa shape index (κ3) is 5.18. The third-order valence-electron chi connectivity index (χ3n) is 3.69. The average Bonchev–Trinajstić information content (AvgIpc) is 2.47. The average molecular weight is 292 g/mol. The molecule has 1 atom stereocenters. The Morgan fingerprint density at radius 3 is 2.19 bits per heavy atom. The highest BCUT2D eigenvalue weighted by atomic mass is 15.1. The fraction of sp³-hybridized carbons (Fsp3) is 0.765. The second kappa shape index (κ2) is 8.85. The Kier molecular flexibility index (Phi) is 7.48. The molecule has 0 radical (unpaired) electrons. The zero-order valence-corrected chi connectivity index (χ0v) is 14.6. The first-order valence-corrected chi connectivity index (χ1v) is 8.42. The Balaban J connectivity index is 3.07. The molecular weight excluding hydrogens is 260 g/mol. The fourth-order valence-corrected chi connectivity index (χ4v) is 2.27. The number of hydrogen-bond acceptors (Lipinski definition) is 4. The Morgan fingerprint density at radius 1 is 1.00 bits per heavy atom. The maximum atomic E-state index is 4.75. The van der Waals surface area contributed by atoms with Gasteiger partial charge in [-0.05, 0) is 26.2 Å². The van der Waals surface area contributed by atoms with Gasteiger partial charge in [-0.2, -0.15) is 0 Å². The molecule has 0 amide bonds. The van der Waals surface area contributed by atoms with Crippen molar-refractivity contribution in [1.29, 1.82) is 0 Å². The van der Waals surface area contributed by atoms with Gasteiger partial charge in [0.1, 0.15) is 17.5 Å². The first-order valence-electron chi connectivity index (χ1n) is 8.42. The summed E-state index contributed by atoms with van der Waals surface area (Å²) in [5, 5.41) is 7.05. The number of rotatable bonds is 9. The van der Waals surface area contributed by atoms with Crippen LogP contribution >= 0.6 is 0 Å². The minimum Gasteiger partial charge on any atom is -0.370 e. The normalized spacial score (nSPS) is 12.5. The van der Waals surface area contributed by atoms with Crippen LogP contribution in [0, 0.1) is 6.92 Å². The molecule has 120 valence electrons. The van der Waals surface area contributed by atoms with E-state index in [0.29, 0.717) is 12.0 Å². The van der Waals surface area contributed by atoms with Gasteiger partial charge in [-0.1, -0.05) is 41.0 Å². The zero-order chi connectivity index (χ0) is 15.8. The van der Waals surface area contributed by atoms with Gasteiger partial charge in [-0.25, -0.2) is 9.97 Å². The standard InChI is InChI=1S/C17H32N4/c1-7-10-14(9-3)19-17-13(6)16(18-11-8-2)20-15(21-17)12(4)5/h12,14H,7-11H2,1-6H3,(H2,18,19,20,21). The van der Waals surface area contributed by atoms with E-state index in [1.54, 1.807) is 0 Å². The SMILES string of the molecule is CCCNc1nc(C(C)C)nc(NC(CC)CCC)c1C. The maximum absolute atomic E-state index is 4.75. The van der Waals surface area contributed by atoms with E-state index < -0.39 is 0 Å². The maximum Gasteiger partial charge on any atom is 0.135 e. The van der Waals surface area contributed by atoms with Crippen LogP contribution in [0.25, 0.3) is 0 Å². The van der Waals surface area contributed by atoms with Gasteiger partial charge >= 0.3 is 0 Å². The molecule has 2 N–H and O–H groups in total. The summed E-state index contributed by atoms with van der Waals surface area (Å²) in [5.74, 6) is 3.21. The van der Waals surface area contributed by atoms with Crippen LogP contribution < -0.4 is 10.6 Å². The molecule has 0 spiro atoms. The predicted molar refractivity (Wildman–Crippen MR) is 92.2 cm³/mol. The van der Waals surface area contributed by atoms with Gasteiger partial charge in [0.2, 0.25) is 0 Å². The van der Waals surface area contributed by atoms with Crippen molar-refractivity contribution < 1.29 is 0 Å². The summed E-state index contributed by atoms with van der Waals surface area (Å²) in [6, 6.07) is 0.489. The summed E-state index contributed by atoms with van der Waals surface area (Å²) in [7, 11) is 0. The number of hydrogen-bond donors (Lipinski definition) is 2. The second-order valence-electron chi connectivity index (χ2n) is 6.02. The van der Waals surface area contributed by atoms with E-state index in [2.05, 4.69) is 57.2 Å². The van der Waals surface area contributed by atoms with E-state index >= 15 is 0 Å². The number of aromatic nitrogens is 2. The van der Waals surface area contributed by atoms with Crippen molar-refractivity contribution in [2.45, 2.75) is 79.2 Å². The summed E-state index contributed by atoms with van der Waals surface area (Å²) >= 11 is 0. The summed E-state index contributed by atoms with van der Waals surface area (Å²) in [5.41, 5.74) is 1.13. The topological polar surface area (TPSA) is 49.8 Å². The highest BCUT2D eigenvalue weighted by Crippen LogP contribution is 2.24. The number of nitrogens with one attached hydrogen (secondary N) is 2. The minimum absolute atomic E-state index is 0.333. The van der Waals surface area contributed by atoms with Crippen LogP contribution in [0.15, 0.2) is 0 Å². The molecule has 4 heteroatoms. The van der Waals surface area contributed by atoms with Gasteiger partial charge in [-0.3, -0.25) is 0 Å². The van der Waals surface area contributed by atoms with Crippen LogP contribution in [0.1, 0.15) is 77.6 Å². The lowest BCUT2D eigenvalue weighted by atomic mass is 10.1. The lowest BCUT2D eigenvalue weighted by Crippen LogP contribution is -2.21. The quantitative estimate of drug-likeness (QED) is 0.691. The van der Waals surface area contributed by atoms with Crippen molar-refractivity contribution in [1.82, 2.24) is 9.97 Å². The molecule has 0 aromatic carbocycles. The fourth-order valence-electron chi connectivity index (χ4n) is 2.27. The summed E-state index contributed by atoms with van der Waals surface area (Å²) in [6.07, 6.45) is 4.57. The van der Waals surface area contributed by atoms with Crippen molar-refractivity contribution in [3.05, 3.63) is 11.4 Å². The molecule has 0 bridgehead atoms. The molecule has 0 saturated carbocycles. The highest BCUT2D eigenvalue weighted by molar-refractivity contribution is 5.57. The molecule has 1 rings (SSSR count). The molecular formula is C17H32N4. The van der Waals surface area contributed by atoms with Gasteiger partial charge in [0.25, 0.3) is 0 Å². The molecule has 21 heavy (non-hydrogen) atoms. The van der Waals surface area contributed by atoms with Gasteiger partial charge in [-0.15, -0.1) is 0 Å². The summed E-state index contributed by atoms with van der Waals surface area (Å²) in [4.78, 5) is 9.44. The molecule has 1 aromatic heterocycles. The Labute approximate surface area is 130 Å². The second-order valence-corrected chi connectivity index (χ2v) is 6.02. The number of nitrogens with zero attached hydrogens (tertiary/aromatic N) is 2. The smallest absolute Gasteiger partial charge is 0.135 e. The lowest BCUT2D eigenvalue weighted by Gasteiger charge is -2.21. The molecule has 0 aliphatic heterocycles. The molecule has 4 nitrogen and oxygen atoms in total. The monoisotopic (exact) mass is 292 g/mol. The molecule has 1 unspecified atom stereocenters. The minimum atomic E-state index is 0.333. The molecule has 1 heterocycles. The van der Waals surface area contributed by atoms with E-state index in [9.17, 15) is 0 Å². The van der Waals surface area contributed by atoms with E-state index in [1.807, 2.05) is 0 Å². The molecule has 0 aliphatic carbocycles. The predicted octanol–water partition coefficient (Wildman–Crippen LogP) is 4.72. The van der Waals surface area contributed by atoms with Gasteiger partial charge in [0, 0.05) is 24.1 Å². The summed E-state index contributed by atoms with van der Waals surface area (Å²) < 4.78 is 0. The van der Waals surface area contributed by atoms with Crippen LogP contribution in [-0.4, -0.2) is 22.6 Å². The Hall–Kier alpha value is -1.32. The van der Waals surface area contributed by atoms with Gasteiger partial charge in [0.15, 0.2) is 0 Å². The molecule has 1 aromatic rings. The van der Waals surface area contributed by atoms with Crippen molar-refractivity contribution in [3.8, 4) is 0 Å². The molecule has 0 saturated heterocycles. The van der Waals surface area contributed by atoms with Gasteiger partial charge in [0.05, 0.1) is 0 Å². The van der Waals surface area contributed by atoms with Crippen molar-refractivity contribution in [2.24, 2.45) is 0 Å². The van der Waals surface area contributed by atoms with Crippen molar-refractivity contribution >= 4 is 11.6 Å². The zero-order valence-electron chi connectivity index (χ0n) is 14.6. The Bertz CT molecular complexity index is 429. The van der Waals surface area contributed by atoms with E-state index in [4.69, 9.17) is 4.98 Å². The first kappa shape index (κ1) is 17.7. The first-order chi connectivity index (χ1) is 10.0. The lowest BCUT2D eigenvalue weighted by molar-refractivity contribution is 0.618. The Morgan fingerprint density at radius 2 is 1.67 bits per heavy atom. The van der Waals surface area contributed by atoms with Gasteiger partial charge < -0.3 is 10.6 Å². The third-order valence-corrected chi connectivity index (χ3v) is 3.69. The van der Waals surface area contributed by atoms with Crippen LogP contribution in [0.4, 0.5) is 11.6 Å². The summed E-state index contributed by atoms with van der Waals surface area (Å²) in [6.45, 7) is 13.9. The largest absolute Gasteiger partial charge is 0.370 e.